The van der Waals surface area contributed by atoms with Gasteiger partial charge in [-0.3, -0.25) is 5.32 Å². The number of benzene rings is 1. The minimum absolute atomic E-state index is 0.0801. The Morgan fingerprint density at radius 2 is 2.12 bits per heavy atom. The lowest BCUT2D eigenvalue weighted by Gasteiger charge is -2.34. The zero-order valence-electron chi connectivity index (χ0n) is 14.6. The van der Waals surface area contributed by atoms with E-state index in [9.17, 15) is 4.79 Å². The van der Waals surface area contributed by atoms with E-state index in [0.717, 1.165) is 16.8 Å². The van der Waals surface area contributed by atoms with Crippen molar-refractivity contribution in [3.63, 3.8) is 0 Å². The van der Waals surface area contributed by atoms with Crippen LogP contribution in [0.25, 0.3) is 11.1 Å². The molecule has 2 aromatic rings. The SMILES string of the molecule is COCC1COCCN1C(=O)Nc1ccc(-c2ccccc2)c(C)n1. The van der Waals surface area contributed by atoms with Crippen LogP contribution in [0.2, 0.25) is 0 Å². The smallest absolute Gasteiger partial charge is 0.323 e. The number of morpholine rings is 1. The van der Waals surface area contributed by atoms with Crippen LogP contribution >= 0.6 is 0 Å². The molecule has 1 saturated heterocycles. The molecule has 1 unspecified atom stereocenters. The summed E-state index contributed by atoms with van der Waals surface area (Å²) in [7, 11) is 1.62. The number of nitrogens with one attached hydrogen (secondary N) is 1. The number of methoxy groups -OCH3 is 1. The van der Waals surface area contributed by atoms with Crippen LogP contribution in [0.15, 0.2) is 42.5 Å². The number of nitrogens with zero attached hydrogens (tertiary/aromatic N) is 2. The van der Waals surface area contributed by atoms with Crippen LogP contribution in [-0.4, -0.2) is 55.4 Å². The van der Waals surface area contributed by atoms with Gasteiger partial charge in [-0.2, -0.15) is 0 Å². The zero-order chi connectivity index (χ0) is 17.6. The molecule has 2 heterocycles. The highest BCUT2D eigenvalue weighted by molar-refractivity contribution is 5.89. The Balaban J connectivity index is 1.72. The van der Waals surface area contributed by atoms with Crippen LogP contribution in [0.4, 0.5) is 10.6 Å². The number of aromatic nitrogens is 1. The fourth-order valence-corrected chi connectivity index (χ4v) is 2.99. The van der Waals surface area contributed by atoms with Crippen LogP contribution in [-0.2, 0) is 9.47 Å². The van der Waals surface area contributed by atoms with E-state index in [-0.39, 0.29) is 12.1 Å². The number of ether oxygens (including phenoxy) is 2. The molecule has 132 valence electrons. The average molecular weight is 341 g/mol. The molecule has 1 aromatic carbocycles. The molecule has 1 fully saturated rings. The fourth-order valence-electron chi connectivity index (χ4n) is 2.99. The summed E-state index contributed by atoms with van der Waals surface area (Å²) in [4.78, 5) is 18.9. The largest absolute Gasteiger partial charge is 0.382 e. The highest BCUT2D eigenvalue weighted by Gasteiger charge is 2.27. The van der Waals surface area contributed by atoms with Gasteiger partial charge >= 0.3 is 6.03 Å². The summed E-state index contributed by atoms with van der Waals surface area (Å²) in [6, 6.07) is 13.6. The van der Waals surface area contributed by atoms with Crippen LogP contribution in [0.5, 0.6) is 0 Å². The molecule has 1 aliphatic rings. The third kappa shape index (κ3) is 4.15. The molecule has 1 N–H and O–H groups in total. The Morgan fingerprint density at radius 3 is 2.84 bits per heavy atom. The monoisotopic (exact) mass is 341 g/mol. The van der Waals surface area contributed by atoms with E-state index in [1.165, 1.54) is 0 Å². The number of aryl methyl sites for hydroxylation is 1. The molecule has 25 heavy (non-hydrogen) atoms. The van der Waals surface area contributed by atoms with Crippen molar-refractivity contribution in [2.24, 2.45) is 0 Å². The number of hydrogen-bond acceptors (Lipinski definition) is 4. The van der Waals surface area contributed by atoms with Gasteiger partial charge in [0.2, 0.25) is 0 Å². The van der Waals surface area contributed by atoms with Gasteiger partial charge in [0, 0.05) is 24.9 Å². The summed E-state index contributed by atoms with van der Waals surface area (Å²) in [5.74, 6) is 0.546. The Labute approximate surface area is 147 Å². The van der Waals surface area contributed by atoms with E-state index >= 15 is 0 Å². The lowest BCUT2D eigenvalue weighted by atomic mass is 10.0. The van der Waals surface area contributed by atoms with Crippen molar-refractivity contribution in [1.82, 2.24) is 9.88 Å². The minimum atomic E-state index is -0.176. The Morgan fingerprint density at radius 1 is 1.32 bits per heavy atom. The van der Waals surface area contributed by atoms with Crippen LogP contribution < -0.4 is 5.32 Å². The Kier molecular flexibility index (Phi) is 5.63. The normalized spacial score (nSPS) is 17.4. The van der Waals surface area contributed by atoms with Gasteiger partial charge in [-0.1, -0.05) is 30.3 Å². The van der Waals surface area contributed by atoms with Gasteiger partial charge < -0.3 is 14.4 Å². The molecule has 1 aromatic heterocycles. The van der Waals surface area contributed by atoms with E-state index in [2.05, 4.69) is 10.3 Å². The molecule has 0 aliphatic carbocycles. The van der Waals surface area contributed by atoms with Crippen molar-refractivity contribution in [2.75, 3.05) is 38.8 Å². The molecule has 0 bridgehead atoms. The molecular weight excluding hydrogens is 318 g/mol. The van der Waals surface area contributed by atoms with E-state index in [1.807, 2.05) is 49.4 Å². The molecule has 0 spiro atoms. The zero-order valence-corrected chi connectivity index (χ0v) is 14.6. The number of pyridine rings is 1. The summed E-state index contributed by atoms with van der Waals surface area (Å²) in [6.07, 6.45) is 0. The Bertz CT molecular complexity index is 719. The number of amides is 2. The number of carbonyl (C=O) groups excluding carboxylic acids is 1. The molecule has 6 nitrogen and oxygen atoms in total. The van der Waals surface area contributed by atoms with Gasteiger partial charge in [0.05, 0.1) is 25.9 Å². The molecule has 0 saturated carbocycles. The maximum atomic E-state index is 12.6. The van der Waals surface area contributed by atoms with Gasteiger partial charge in [0.1, 0.15) is 5.82 Å². The van der Waals surface area contributed by atoms with Gasteiger partial charge in [-0.05, 0) is 24.6 Å². The summed E-state index contributed by atoms with van der Waals surface area (Å²) in [5, 5.41) is 2.88. The van der Waals surface area contributed by atoms with Gasteiger partial charge in [-0.25, -0.2) is 9.78 Å². The second-order valence-electron chi connectivity index (χ2n) is 6.00. The first-order valence-electron chi connectivity index (χ1n) is 8.36. The van der Waals surface area contributed by atoms with Crippen molar-refractivity contribution in [1.29, 1.82) is 0 Å². The maximum absolute atomic E-state index is 12.6. The number of anilines is 1. The first kappa shape index (κ1) is 17.4. The summed E-state index contributed by atoms with van der Waals surface area (Å²) >= 11 is 0. The van der Waals surface area contributed by atoms with E-state index < -0.39 is 0 Å². The number of rotatable bonds is 4. The van der Waals surface area contributed by atoms with Crippen molar-refractivity contribution in [2.45, 2.75) is 13.0 Å². The quantitative estimate of drug-likeness (QED) is 0.929. The number of carbonyl (C=O) groups is 1. The summed E-state index contributed by atoms with van der Waals surface area (Å²) < 4.78 is 10.6. The standard InChI is InChI=1S/C19H23N3O3/c1-14-17(15-6-4-3-5-7-15)8-9-18(20-14)21-19(23)22-10-11-25-13-16(22)12-24-2/h3-9,16H,10-13H2,1-2H3,(H,20,21,23). The third-order valence-corrected chi connectivity index (χ3v) is 4.25. The second kappa shape index (κ2) is 8.09. The molecule has 1 atom stereocenters. The molecule has 1 aliphatic heterocycles. The molecule has 3 rings (SSSR count). The molecule has 2 amide bonds. The van der Waals surface area contributed by atoms with Crippen molar-refractivity contribution < 1.29 is 14.3 Å². The van der Waals surface area contributed by atoms with Crippen molar-refractivity contribution in [3.8, 4) is 11.1 Å². The molecule has 6 heteroatoms. The van der Waals surface area contributed by atoms with Gasteiger partial charge in [-0.15, -0.1) is 0 Å². The third-order valence-electron chi connectivity index (χ3n) is 4.25. The first-order chi connectivity index (χ1) is 12.2. The lowest BCUT2D eigenvalue weighted by Crippen LogP contribution is -2.52. The topological polar surface area (TPSA) is 63.7 Å². The van der Waals surface area contributed by atoms with Gasteiger partial charge in [0.25, 0.3) is 0 Å². The number of hydrogen-bond donors (Lipinski definition) is 1. The Hall–Kier alpha value is -2.44. The summed E-state index contributed by atoms with van der Waals surface area (Å²) in [6.45, 7) is 3.96. The van der Waals surface area contributed by atoms with E-state index in [4.69, 9.17) is 9.47 Å². The first-order valence-corrected chi connectivity index (χ1v) is 8.36. The van der Waals surface area contributed by atoms with Crippen LogP contribution in [0, 0.1) is 6.92 Å². The van der Waals surface area contributed by atoms with Gasteiger partial charge in [0.15, 0.2) is 0 Å². The maximum Gasteiger partial charge on any atom is 0.323 e. The van der Waals surface area contributed by atoms with Crippen molar-refractivity contribution >= 4 is 11.8 Å². The lowest BCUT2D eigenvalue weighted by molar-refractivity contribution is -0.0133. The average Bonchev–Trinajstić information content (AvgIpc) is 2.63. The van der Waals surface area contributed by atoms with Crippen LogP contribution in [0.3, 0.4) is 0 Å². The highest BCUT2D eigenvalue weighted by atomic mass is 16.5. The van der Waals surface area contributed by atoms with Crippen molar-refractivity contribution in [3.05, 3.63) is 48.2 Å². The minimum Gasteiger partial charge on any atom is -0.382 e. The van der Waals surface area contributed by atoms with Crippen LogP contribution in [0.1, 0.15) is 5.69 Å². The van der Waals surface area contributed by atoms with E-state index in [1.54, 1.807) is 12.0 Å². The predicted octanol–water partition coefficient (Wildman–Crippen LogP) is 2.94. The molecule has 0 radical (unpaired) electrons. The molecular formula is C19H23N3O3. The predicted molar refractivity (Wildman–Crippen MR) is 96.6 cm³/mol. The second-order valence-corrected chi connectivity index (χ2v) is 6.00. The number of urea groups is 1. The summed E-state index contributed by atoms with van der Waals surface area (Å²) in [5.41, 5.74) is 3.04. The fraction of sp³-hybridized carbons (Fsp3) is 0.368. The van der Waals surface area contributed by atoms with E-state index in [0.29, 0.717) is 32.2 Å². The highest BCUT2D eigenvalue weighted by Crippen LogP contribution is 2.23.